The first-order chi connectivity index (χ1) is 14.9. The van der Waals surface area contributed by atoms with Gasteiger partial charge in [-0.2, -0.15) is 0 Å². The molecule has 2 aromatic heterocycles. The number of benzene rings is 1. The van der Waals surface area contributed by atoms with Gasteiger partial charge in [0.1, 0.15) is 5.82 Å². The number of halogens is 2. The first kappa shape index (κ1) is 19.9. The summed E-state index contributed by atoms with van der Waals surface area (Å²) in [6, 6.07) is 5.85. The summed E-state index contributed by atoms with van der Waals surface area (Å²) in [5, 5.41) is 0.103. The molecular weight excluding hydrogens is 404 g/mol. The lowest BCUT2D eigenvalue weighted by molar-refractivity contribution is 0.453. The average Bonchev–Trinajstić information content (AvgIpc) is 3.45. The number of nitrogens with one attached hydrogen (secondary N) is 1. The van der Waals surface area contributed by atoms with Crippen molar-refractivity contribution in [1.82, 2.24) is 14.5 Å². The zero-order valence-electron chi connectivity index (χ0n) is 17.1. The molecule has 5 rings (SSSR count). The van der Waals surface area contributed by atoms with E-state index in [2.05, 4.69) is 9.97 Å². The van der Waals surface area contributed by atoms with Crippen LogP contribution in [0.25, 0.3) is 11.0 Å². The molecule has 0 bridgehead atoms. The highest BCUT2D eigenvalue weighted by molar-refractivity contribution is 5.81. The minimum absolute atomic E-state index is 0.0298. The average molecular weight is 427 g/mol. The van der Waals surface area contributed by atoms with Crippen LogP contribution in [-0.2, 0) is 0 Å². The van der Waals surface area contributed by atoms with Crippen LogP contribution in [0.4, 0.5) is 14.6 Å². The van der Waals surface area contributed by atoms with Crippen LogP contribution in [0.2, 0.25) is 0 Å². The minimum atomic E-state index is -0.631. The van der Waals surface area contributed by atoms with E-state index in [1.54, 1.807) is 23.1 Å². The Balaban J connectivity index is 1.55. The third-order valence-corrected chi connectivity index (χ3v) is 6.44. The van der Waals surface area contributed by atoms with Gasteiger partial charge < -0.3 is 10.6 Å². The second kappa shape index (κ2) is 7.26. The molecule has 1 aromatic carbocycles. The van der Waals surface area contributed by atoms with E-state index in [0.29, 0.717) is 25.1 Å². The Hall–Kier alpha value is -3.07. The fourth-order valence-corrected chi connectivity index (χ4v) is 4.57. The Bertz CT molecular complexity index is 1300. The van der Waals surface area contributed by atoms with Gasteiger partial charge in [0.2, 0.25) is 0 Å². The Labute approximate surface area is 176 Å². The van der Waals surface area contributed by atoms with Crippen molar-refractivity contribution in [2.24, 2.45) is 11.7 Å². The van der Waals surface area contributed by atoms with Crippen molar-refractivity contribution < 1.29 is 8.78 Å². The van der Waals surface area contributed by atoms with Crippen molar-refractivity contribution in [3.05, 3.63) is 67.9 Å². The maximum Gasteiger partial charge on any atom is 0.330 e. The fraction of sp³-hybridized carbons (Fsp3) is 0.409. The molecule has 3 N–H and O–H groups in total. The zero-order chi connectivity index (χ0) is 21.9. The first-order valence-electron chi connectivity index (χ1n) is 10.5. The van der Waals surface area contributed by atoms with E-state index in [0.717, 1.165) is 12.8 Å². The smallest absolute Gasteiger partial charge is 0.330 e. The van der Waals surface area contributed by atoms with Gasteiger partial charge in [0.25, 0.3) is 5.56 Å². The molecule has 2 atom stereocenters. The number of H-pyrrole nitrogens is 1. The molecular formula is C22H23F2N5O2. The number of rotatable bonds is 4. The largest absolute Gasteiger partial charge is 0.354 e. The number of hydrogen-bond acceptors (Lipinski definition) is 5. The molecule has 0 radical (unpaired) electrons. The van der Waals surface area contributed by atoms with Crippen LogP contribution in [0.3, 0.4) is 0 Å². The lowest BCUT2D eigenvalue weighted by atomic mass is 9.93. The summed E-state index contributed by atoms with van der Waals surface area (Å²) in [7, 11) is 0. The molecule has 2 aliphatic rings. The second-order valence-corrected chi connectivity index (χ2v) is 8.48. The van der Waals surface area contributed by atoms with Crippen molar-refractivity contribution >= 4 is 16.9 Å². The van der Waals surface area contributed by atoms with Gasteiger partial charge in [-0.1, -0.05) is 18.2 Å². The number of fused-ring (bicyclic) bond motifs is 1. The molecule has 7 nitrogen and oxygen atoms in total. The Morgan fingerprint density at radius 2 is 1.94 bits per heavy atom. The van der Waals surface area contributed by atoms with E-state index in [1.165, 1.54) is 17.6 Å². The van der Waals surface area contributed by atoms with Gasteiger partial charge in [-0.05, 0) is 38.2 Å². The Morgan fingerprint density at radius 3 is 2.65 bits per heavy atom. The van der Waals surface area contributed by atoms with Gasteiger partial charge in [0.15, 0.2) is 17.3 Å². The summed E-state index contributed by atoms with van der Waals surface area (Å²) in [6.07, 6.45) is 2.29. The number of aryl methyl sites for hydroxylation is 1. The van der Waals surface area contributed by atoms with Crippen molar-refractivity contribution in [1.29, 1.82) is 0 Å². The highest BCUT2D eigenvalue weighted by Gasteiger charge is 2.34. The molecule has 1 saturated heterocycles. The van der Waals surface area contributed by atoms with Crippen molar-refractivity contribution in [3.63, 3.8) is 0 Å². The maximum absolute atomic E-state index is 15.3. The van der Waals surface area contributed by atoms with E-state index >= 15 is 4.39 Å². The number of pyridine rings is 1. The monoisotopic (exact) mass is 427 g/mol. The van der Waals surface area contributed by atoms with E-state index < -0.39 is 23.1 Å². The molecule has 3 aromatic rings. The van der Waals surface area contributed by atoms with Crippen LogP contribution in [0.15, 0.2) is 33.9 Å². The summed E-state index contributed by atoms with van der Waals surface area (Å²) in [5.41, 5.74) is 6.00. The zero-order valence-corrected chi connectivity index (χ0v) is 17.1. The lowest BCUT2D eigenvalue weighted by Gasteiger charge is -2.23. The quantitative estimate of drug-likeness (QED) is 0.667. The van der Waals surface area contributed by atoms with Crippen LogP contribution < -0.4 is 21.9 Å². The first-order valence-corrected chi connectivity index (χ1v) is 10.5. The van der Waals surface area contributed by atoms with Gasteiger partial charge in [0.05, 0.1) is 5.39 Å². The number of nitrogens with zero attached hydrogens (tertiary/aromatic N) is 3. The normalized spacial score (nSPS) is 19.9. The molecule has 3 heterocycles. The van der Waals surface area contributed by atoms with Crippen LogP contribution in [0, 0.1) is 24.5 Å². The molecule has 0 spiro atoms. The SMILES string of the molecule is Cc1c(F)c(N2CCC(C(N)c3ccccc3F)C2)nc2c1c(=O)[nH]c(=O)n2C1CC1. The van der Waals surface area contributed by atoms with Crippen molar-refractivity contribution in [2.45, 2.75) is 38.3 Å². The molecule has 31 heavy (non-hydrogen) atoms. The van der Waals surface area contributed by atoms with Crippen LogP contribution in [0.5, 0.6) is 0 Å². The minimum Gasteiger partial charge on any atom is -0.354 e. The van der Waals surface area contributed by atoms with E-state index in [9.17, 15) is 14.0 Å². The van der Waals surface area contributed by atoms with Gasteiger partial charge in [-0.15, -0.1) is 0 Å². The molecule has 162 valence electrons. The number of anilines is 1. The summed E-state index contributed by atoms with van der Waals surface area (Å²) < 4.78 is 30.9. The summed E-state index contributed by atoms with van der Waals surface area (Å²) in [4.78, 5) is 33.3. The van der Waals surface area contributed by atoms with Gasteiger partial charge in [-0.25, -0.2) is 18.6 Å². The topological polar surface area (TPSA) is 97.0 Å². The Kier molecular flexibility index (Phi) is 4.65. The summed E-state index contributed by atoms with van der Waals surface area (Å²) in [6.45, 7) is 2.43. The van der Waals surface area contributed by atoms with E-state index in [-0.39, 0.29) is 40.2 Å². The number of aromatic nitrogens is 3. The summed E-state index contributed by atoms with van der Waals surface area (Å²) >= 11 is 0. The molecule has 2 unspecified atom stereocenters. The molecule has 1 aliphatic carbocycles. The van der Waals surface area contributed by atoms with Gasteiger partial charge >= 0.3 is 5.69 Å². The maximum atomic E-state index is 15.3. The predicted octanol–water partition coefficient (Wildman–Crippen LogP) is 2.53. The summed E-state index contributed by atoms with van der Waals surface area (Å²) in [5.74, 6) is -0.919. The number of nitrogens with two attached hydrogens (primary N) is 1. The van der Waals surface area contributed by atoms with Crippen LogP contribution in [-0.4, -0.2) is 27.6 Å². The molecule has 1 saturated carbocycles. The third-order valence-electron chi connectivity index (χ3n) is 6.44. The Morgan fingerprint density at radius 1 is 1.19 bits per heavy atom. The second-order valence-electron chi connectivity index (χ2n) is 8.48. The van der Waals surface area contributed by atoms with Crippen molar-refractivity contribution in [2.75, 3.05) is 18.0 Å². The highest BCUT2D eigenvalue weighted by Crippen LogP contribution is 2.37. The molecule has 1 aliphatic heterocycles. The van der Waals surface area contributed by atoms with Crippen LogP contribution >= 0.6 is 0 Å². The van der Waals surface area contributed by atoms with Crippen molar-refractivity contribution in [3.8, 4) is 0 Å². The van der Waals surface area contributed by atoms with Crippen LogP contribution in [0.1, 0.15) is 42.5 Å². The predicted molar refractivity (Wildman–Crippen MR) is 113 cm³/mol. The number of hydrogen-bond donors (Lipinski definition) is 2. The molecule has 2 fully saturated rings. The number of aromatic amines is 1. The molecule has 9 heteroatoms. The van der Waals surface area contributed by atoms with Gasteiger partial charge in [0, 0.05) is 36.3 Å². The van der Waals surface area contributed by atoms with E-state index in [4.69, 9.17) is 5.73 Å². The lowest BCUT2D eigenvalue weighted by Crippen LogP contribution is -2.32. The third kappa shape index (κ3) is 3.23. The standard InChI is InChI=1S/C22H23F2N5O2/c1-11-16-19(29(13-6-7-13)22(31)27-21(16)30)26-20(17(11)24)28-9-8-12(10-28)18(25)14-4-2-3-5-15(14)23/h2-5,12-13,18H,6-10,25H2,1H3,(H,27,30,31). The highest BCUT2D eigenvalue weighted by atomic mass is 19.1. The fourth-order valence-electron chi connectivity index (χ4n) is 4.57. The van der Waals surface area contributed by atoms with E-state index in [1.807, 2.05) is 0 Å². The van der Waals surface area contributed by atoms with Gasteiger partial charge in [-0.3, -0.25) is 14.3 Å². The molecule has 0 amide bonds.